The van der Waals surface area contributed by atoms with Gasteiger partial charge in [-0.3, -0.25) is 9.79 Å². The van der Waals surface area contributed by atoms with Crippen LogP contribution >= 0.6 is 0 Å². The first-order chi connectivity index (χ1) is 12.0. The maximum Gasteiger partial charge on any atom is 0.264 e. The number of carbonyl (C=O) groups excluding carboxylic acids is 1. The second kappa shape index (κ2) is 7.16. The van der Waals surface area contributed by atoms with E-state index in [-0.39, 0.29) is 5.75 Å². The van der Waals surface area contributed by atoms with Crippen LogP contribution in [-0.2, 0) is 14.8 Å². The number of anilines is 1. The minimum absolute atomic E-state index is 0.0556. The number of amides is 1. The van der Waals surface area contributed by atoms with Crippen LogP contribution in [0.1, 0.15) is 24.5 Å². The van der Waals surface area contributed by atoms with Gasteiger partial charge in [0.05, 0.1) is 17.2 Å². The van der Waals surface area contributed by atoms with E-state index in [9.17, 15) is 13.2 Å². The fourth-order valence-corrected chi connectivity index (χ4v) is 3.82. The Labute approximate surface area is 147 Å². The van der Waals surface area contributed by atoms with Crippen LogP contribution in [-0.4, -0.2) is 32.0 Å². The van der Waals surface area contributed by atoms with Gasteiger partial charge in [-0.2, -0.15) is 4.72 Å². The summed E-state index contributed by atoms with van der Waals surface area (Å²) in [7, 11) is -3.59. The molecule has 0 radical (unpaired) electrons. The van der Waals surface area contributed by atoms with Gasteiger partial charge in [-0.1, -0.05) is 55.5 Å². The summed E-state index contributed by atoms with van der Waals surface area (Å²) in [5.74, 6) is -0.557. The Morgan fingerprint density at radius 1 is 1.08 bits per heavy atom. The Balaban J connectivity index is 2.09. The highest BCUT2D eigenvalue weighted by Crippen LogP contribution is 2.23. The molecule has 0 fully saturated rings. The zero-order chi connectivity index (χ0) is 17.9. The quantitative estimate of drug-likeness (QED) is 0.859. The molecule has 25 heavy (non-hydrogen) atoms. The molecule has 7 heteroatoms. The number of rotatable bonds is 5. The van der Waals surface area contributed by atoms with Gasteiger partial charge in [-0.25, -0.2) is 8.42 Å². The summed E-state index contributed by atoms with van der Waals surface area (Å²) in [6.45, 7) is 1.76. The van der Waals surface area contributed by atoms with E-state index in [1.165, 1.54) is 0 Å². The number of benzene rings is 2. The van der Waals surface area contributed by atoms with Crippen molar-refractivity contribution >= 4 is 27.3 Å². The summed E-state index contributed by atoms with van der Waals surface area (Å²) in [6.07, 6.45) is -0.752. The predicted octanol–water partition coefficient (Wildman–Crippen LogP) is 2.13. The second-order valence-electron chi connectivity index (χ2n) is 5.72. The third-order valence-corrected chi connectivity index (χ3v) is 5.29. The molecular weight excluding hydrogens is 338 g/mol. The average Bonchev–Trinajstić information content (AvgIpc) is 2.72. The lowest BCUT2D eigenvalue weighted by Gasteiger charge is -2.13. The van der Waals surface area contributed by atoms with Crippen molar-refractivity contribution in [3.63, 3.8) is 0 Å². The Morgan fingerprint density at radius 2 is 1.76 bits per heavy atom. The summed E-state index contributed by atoms with van der Waals surface area (Å²) in [5, 5.41) is 2.76. The topological polar surface area (TPSA) is 87.6 Å². The third kappa shape index (κ3) is 3.94. The molecular formula is C18H19N3O3S. The number of fused-ring (bicyclic) bond motifs is 1. The van der Waals surface area contributed by atoms with Crippen molar-refractivity contribution in [2.24, 2.45) is 4.99 Å². The van der Waals surface area contributed by atoms with Crippen LogP contribution < -0.4 is 10.0 Å². The van der Waals surface area contributed by atoms with Crippen molar-refractivity contribution < 1.29 is 13.2 Å². The number of nitrogens with zero attached hydrogens (tertiary/aromatic N) is 1. The fourth-order valence-electron chi connectivity index (χ4n) is 2.66. The van der Waals surface area contributed by atoms with E-state index in [2.05, 4.69) is 15.0 Å². The highest BCUT2D eigenvalue weighted by atomic mass is 32.2. The van der Waals surface area contributed by atoms with Crippen LogP contribution in [0.2, 0.25) is 0 Å². The van der Waals surface area contributed by atoms with Gasteiger partial charge in [-0.15, -0.1) is 0 Å². The number of hydrogen-bond acceptors (Lipinski definition) is 4. The van der Waals surface area contributed by atoms with Crippen LogP contribution in [0.4, 0.5) is 5.69 Å². The lowest BCUT2D eigenvalue weighted by atomic mass is 10.0. The lowest BCUT2D eigenvalue weighted by molar-refractivity contribution is -0.117. The standard InChI is InChI=1S/C18H19N3O3S/c1-2-12-25(23,24)21-17-18(22)19-15-11-7-6-10-14(15)16(20-17)13-8-4-3-5-9-13/h3-11,17,21H,2,12H2,1H3,(H,19,22). The molecule has 0 aliphatic carbocycles. The van der Waals surface area contributed by atoms with E-state index >= 15 is 0 Å². The van der Waals surface area contributed by atoms with Gasteiger partial charge in [0.2, 0.25) is 10.0 Å². The molecule has 6 nitrogen and oxygen atoms in total. The minimum atomic E-state index is -3.59. The number of carbonyl (C=O) groups is 1. The summed E-state index contributed by atoms with van der Waals surface area (Å²) >= 11 is 0. The summed E-state index contributed by atoms with van der Waals surface area (Å²) in [5.41, 5.74) is 2.73. The first-order valence-electron chi connectivity index (χ1n) is 8.03. The molecule has 2 N–H and O–H groups in total. The smallest absolute Gasteiger partial charge is 0.264 e. The molecule has 0 saturated heterocycles. The third-order valence-electron chi connectivity index (χ3n) is 3.76. The van der Waals surface area contributed by atoms with Gasteiger partial charge in [0.1, 0.15) is 0 Å². The number of sulfonamides is 1. The van der Waals surface area contributed by atoms with Crippen molar-refractivity contribution in [1.82, 2.24) is 4.72 Å². The minimum Gasteiger partial charge on any atom is -0.322 e. The van der Waals surface area contributed by atoms with E-state index in [0.29, 0.717) is 17.8 Å². The molecule has 1 aliphatic rings. The molecule has 0 spiro atoms. The molecule has 2 aromatic rings. The van der Waals surface area contributed by atoms with E-state index in [1.54, 1.807) is 13.0 Å². The Kier molecular flexibility index (Phi) is 4.96. The van der Waals surface area contributed by atoms with Gasteiger partial charge >= 0.3 is 0 Å². The maximum atomic E-state index is 12.5. The number of benzodiazepines with no additional fused rings is 1. The van der Waals surface area contributed by atoms with Crippen LogP contribution in [0.25, 0.3) is 0 Å². The molecule has 1 amide bonds. The highest BCUT2D eigenvalue weighted by molar-refractivity contribution is 7.89. The zero-order valence-corrected chi connectivity index (χ0v) is 14.6. The van der Waals surface area contributed by atoms with Crippen molar-refractivity contribution in [2.45, 2.75) is 19.5 Å². The molecule has 1 atom stereocenters. The molecule has 3 rings (SSSR count). The Bertz CT molecular complexity index is 908. The lowest BCUT2D eigenvalue weighted by Crippen LogP contribution is -2.43. The van der Waals surface area contributed by atoms with Crippen LogP contribution in [0.15, 0.2) is 59.6 Å². The van der Waals surface area contributed by atoms with E-state index in [1.807, 2.05) is 48.5 Å². The van der Waals surface area contributed by atoms with Crippen molar-refractivity contribution in [3.8, 4) is 0 Å². The first-order valence-corrected chi connectivity index (χ1v) is 9.69. The van der Waals surface area contributed by atoms with Gasteiger partial charge in [0.15, 0.2) is 6.17 Å². The molecule has 1 aliphatic heterocycles. The fraction of sp³-hybridized carbons (Fsp3) is 0.222. The van der Waals surface area contributed by atoms with Crippen molar-refractivity contribution in [2.75, 3.05) is 11.1 Å². The SMILES string of the molecule is CCCS(=O)(=O)NC1N=C(c2ccccc2)c2ccccc2NC1=O. The monoisotopic (exact) mass is 357 g/mol. The molecule has 130 valence electrons. The van der Waals surface area contributed by atoms with Crippen LogP contribution in [0.5, 0.6) is 0 Å². The molecule has 0 saturated carbocycles. The largest absolute Gasteiger partial charge is 0.322 e. The number of para-hydroxylation sites is 1. The summed E-state index contributed by atoms with van der Waals surface area (Å²) in [4.78, 5) is 16.9. The Hall–Kier alpha value is -2.51. The van der Waals surface area contributed by atoms with E-state index in [4.69, 9.17) is 0 Å². The van der Waals surface area contributed by atoms with Gasteiger partial charge in [0.25, 0.3) is 5.91 Å². The Morgan fingerprint density at radius 3 is 2.48 bits per heavy atom. The average molecular weight is 357 g/mol. The molecule has 2 aromatic carbocycles. The number of nitrogens with one attached hydrogen (secondary N) is 2. The number of aliphatic imine (C=N–C) groups is 1. The van der Waals surface area contributed by atoms with Gasteiger partial charge < -0.3 is 5.32 Å². The zero-order valence-electron chi connectivity index (χ0n) is 13.8. The van der Waals surface area contributed by atoms with Crippen molar-refractivity contribution in [3.05, 3.63) is 65.7 Å². The molecule has 1 unspecified atom stereocenters. The van der Waals surface area contributed by atoms with Gasteiger partial charge in [-0.05, 0) is 12.5 Å². The van der Waals surface area contributed by atoms with Crippen LogP contribution in [0, 0.1) is 0 Å². The number of hydrogen-bond donors (Lipinski definition) is 2. The highest BCUT2D eigenvalue weighted by Gasteiger charge is 2.28. The van der Waals surface area contributed by atoms with Crippen LogP contribution in [0.3, 0.4) is 0 Å². The first kappa shape index (κ1) is 17.3. The molecule has 1 heterocycles. The summed E-state index contributed by atoms with van der Waals surface area (Å²) in [6, 6.07) is 16.7. The summed E-state index contributed by atoms with van der Waals surface area (Å²) < 4.78 is 26.6. The second-order valence-corrected chi connectivity index (χ2v) is 7.59. The predicted molar refractivity (Wildman–Crippen MR) is 98.2 cm³/mol. The van der Waals surface area contributed by atoms with E-state index in [0.717, 1.165) is 11.1 Å². The van der Waals surface area contributed by atoms with E-state index < -0.39 is 22.1 Å². The van der Waals surface area contributed by atoms with Crippen molar-refractivity contribution in [1.29, 1.82) is 0 Å². The molecule has 0 aromatic heterocycles. The normalized spacial score (nSPS) is 17.2. The molecule has 0 bridgehead atoms. The van der Waals surface area contributed by atoms with Gasteiger partial charge in [0, 0.05) is 11.1 Å². The maximum absolute atomic E-state index is 12.5.